The first-order valence-electron chi connectivity index (χ1n) is 6.01. The van der Waals surface area contributed by atoms with Crippen LogP contribution < -0.4 is 5.32 Å². The van der Waals surface area contributed by atoms with E-state index in [0.717, 1.165) is 31.1 Å². The first-order chi connectivity index (χ1) is 7.68. The Morgan fingerprint density at radius 2 is 2.00 bits per heavy atom. The summed E-state index contributed by atoms with van der Waals surface area (Å²) in [5, 5.41) is 7.39. The predicted octanol–water partition coefficient (Wildman–Crippen LogP) is 1.90. The summed E-state index contributed by atoms with van der Waals surface area (Å²) in [5.74, 6) is 0.957. The number of hydrogen-bond donors (Lipinski definition) is 1. The Balaban J connectivity index is 0.00000144. The largest absolute Gasteiger partial charge is 0.361 e. The third-order valence-corrected chi connectivity index (χ3v) is 3.52. The topological polar surface area (TPSA) is 41.3 Å². The number of nitrogens with zero attached hydrogens (tertiary/aromatic N) is 2. The molecule has 1 aromatic heterocycles. The van der Waals surface area contributed by atoms with Crippen LogP contribution in [-0.2, 0) is 6.54 Å². The predicted molar refractivity (Wildman–Crippen MR) is 70.6 cm³/mol. The SMILES string of the molecule is Cc1noc(C)c1CN(C)C1CCNCC1.Cl. The molecule has 0 saturated carbocycles. The number of nitrogens with one attached hydrogen (secondary N) is 1. The Hall–Kier alpha value is -0.580. The van der Waals surface area contributed by atoms with Crippen molar-refractivity contribution in [1.82, 2.24) is 15.4 Å². The van der Waals surface area contributed by atoms with Crippen LogP contribution in [0.25, 0.3) is 0 Å². The van der Waals surface area contributed by atoms with Gasteiger partial charge in [-0.3, -0.25) is 4.90 Å². The van der Waals surface area contributed by atoms with Crippen molar-refractivity contribution in [2.45, 2.75) is 39.3 Å². The lowest BCUT2D eigenvalue weighted by Gasteiger charge is -2.31. The van der Waals surface area contributed by atoms with Gasteiger partial charge in [-0.1, -0.05) is 5.16 Å². The van der Waals surface area contributed by atoms with E-state index in [9.17, 15) is 0 Å². The van der Waals surface area contributed by atoms with Gasteiger partial charge in [-0.25, -0.2) is 0 Å². The highest BCUT2D eigenvalue weighted by atomic mass is 35.5. The summed E-state index contributed by atoms with van der Waals surface area (Å²) in [6.45, 7) is 7.23. The smallest absolute Gasteiger partial charge is 0.138 e. The molecule has 1 saturated heterocycles. The maximum Gasteiger partial charge on any atom is 0.138 e. The highest BCUT2D eigenvalue weighted by Crippen LogP contribution is 2.18. The van der Waals surface area contributed by atoms with E-state index in [0.29, 0.717) is 6.04 Å². The fourth-order valence-corrected chi connectivity index (χ4v) is 2.35. The van der Waals surface area contributed by atoms with Gasteiger partial charge in [0.05, 0.1) is 5.69 Å². The molecule has 1 fully saturated rings. The average molecular weight is 260 g/mol. The van der Waals surface area contributed by atoms with Crippen LogP contribution in [0.15, 0.2) is 4.52 Å². The average Bonchev–Trinajstić information content (AvgIpc) is 2.62. The van der Waals surface area contributed by atoms with Gasteiger partial charge in [0.1, 0.15) is 5.76 Å². The summed E-state index contributed by atoms with van der Waals surface area (Å²) in [6.07, 6.45) is 2.47. The van der Waals surface area contributed by atoms with Crippen molar-refractivity contribution >= 4 is 12.4 Å². The molecule has 1 aliphatic rings. The van der Waals surface area contributed by atoms with Gasteiger partial charge in [0.25, 0.3) is 0 Å². The van der Waals surface area contributed by atoms with Crippen molar-refractivity contribution in [3.05, 3.63) is 17.0 Å². The molecule has 0 radical (unpaired) electrons. The van der Waals surface area contributed by atoms with Gasteiger partial charge in [-0.15, -0.1) is 12.4 Å². The molecule has 0 aromatic carbocycles. The zero-order valence-electron chi connectivity index (χ0n) is 10.8. The molecule has 5 heteroatoms. The lowest BCUT2D eigenvalue weighted by atomic mass is 10.0. The van der Waals surface area contributed by atoms with E-state index in [-0.39, 0.29) is 12.4 Å². The Morgan fingerprint density at radius 3 is 2.53 bits per heavy atom. The summed E-state index contributed by atoms with van der Waals surface area (Å²) in [4.78, 5) is 2.42. The lowest BCUT2D eigenvalue weighted by Crippen LogP contribution is -2.40. The van der Waals surface area contributed by atoms with Gasteiger partial charge in [0, 0.05) is 18.2 Å². The molecule has 0 aliphatic carbocycles. The van der Waals surface area contributed by atoms with E-state index in [2.05, 4.69) is 22.4 Å². The number of halogens is 1. The fraction of sp³-hybridized carbons (Fsp3) is 0.750. The molecule has 0 spiro atoms. The second-order valence-corrected chi connectivity index (χ2v) is 4.70. The monoisotopic (exact) mass is 259 g/mol. The second kappa shape index (κ2) is 6.38. The van der Waals surface area contributed by atoms with Crippen molar-refractivity contribution < 1.29 is 4.52 Å². The van der Waals surface area contributed by atoms with Gasteiger partial charge in [0.15, 0.2) is 0 Å². The van der Waals surface area contributed by atoms with E-state index in [4.69, 9.17) is 4.52 Å². The van der Waals surface area contributed by atoms with Gasteiger partial charge in [-0.2, -0.15) is 0 Å². The Bertz CT molecular complexity index is 328. The highest BCUT2D eigenvalue weighted by Gasteiger charge is 2.20. The van der Waals surface area contributed by atoms with Crippen molar-refractivity contribution in [2.24, 2.45) is 0 Å². The Labute approximate surface area is 109 Å². The number of rotatable bonds is 3. The molecular formula is C12H22ClN3O. The summed E-state index contributed by atoms with van der Waals surface area (Å²) in [6, 6.07) is 0.690. The van der Waals surface area contributed by atoms with Crippen molar-refractivity contribution in [3.8, 4) is 0 Å². The van der Waals surface area contributed by atoms with Crippen LogP contribution >= 0.6 is 12.4 Å². The summed E-state index contributed by atoms with van der Waals surface area (Å²) >= 11 is 0. The standard InChI is InChI=1S/C12H21N3O.ClH/c1-9-12(10(2)16-14-9)8-15(3)11-4-6-13-7-5-11;/h11,13H,4-8H2,1-3H3;1H. The molecule has 2 heterocycles. The number of aryl methyl sites for hydroxylation is 2. The van der Waals surface area contributed by atoms with Crippen LogP contribution in [-0.4, -0.2) is 36.2 Å². The second-order valence-electron chi connectivity index (χ2n) is 4.70. The minimum absolute atomic E-state index is 0. The zero-order valence-corrected chi connectivity index (χ0v) is 11.6. The van der Waals surface area contributed by atoms with Crippen molar-refractivity contribution in [2.75, 3.05) is 20.1 Å². The molecule has 2 rings (SSSR count). The van der Waals surface area contributed by atoms with Gasteiger partial charge in [0.2, 0.25) is 0 Å². The van der Waals surface area contributed by atoms with Crippen LogP contribution in [0.2, 0.25) is 0 Å². The quantitative estimate of drug-likeness (QED) is 0.900. The molecule has 98 valence electrons. The van der Waals surface area contributed by atoms with Crippen LogP contribution in [0.1, 0.15) is 29.9 Å². The van der Waals surface area contributed by atoms with Crippen molar-refractivity contribution in [3.63, 3.8) is 0 Å². The maximum absolute atomic E-state index is 5.19. The normalized spacial score (nSPS) is 17.2. The van der Waals surface area contributed by atoms with E-state index in [1.807, 2.05) is 13.8 Å². The minimum Gasteiger partial charge on any atom is -0.361 e. The van der Waals surface area contributed by atoms with E-state index in [1.54, 1.807) is 0 Å². The van der Waals surface area contributed by atoms with Gasteiger partial charge >= 0.3 is 0 Å². The highest BCUT2D eigenvalue weighted by molar-refractivity contribution is 5.85. The zero-order chi connectivity index (χ0) is 11.5. The first-order valence-corrected chi connectivity index (χ1v) is 6.01. The summed E-state index contributed by atoms with van der Waals surface area (Å²) in [5.41, 5.74) is 2.28. The molecule has 0 unspecified atom stereocenters. The third kappa shape index (κ3) is 3.44. The van der Waals surface area contributed by atoms with E-state index < -0.39 is 0 Å². The third-order valence-electron chi connectivity index (χ3n) is 3.52. The molecule has 1 aromatic rings. The molecule has 4 nitrogen and oxygen atoms in total. The molecule has 1 aliphatic heterocycles. The van der Waals surface area contributed by atoms with Crippen molar-refractivity contribution in [1.29, 1.82) is 0 Å². The first kappa shape index (κ1) is 14.5. The van der Waals surface area contributed by atoms with E-state index >= 15 is 0 Å². The Kier molecular flexibility index (Phi) is 5.43. The van der Waals surface area contributed by atoms with Crippen LogP contribution in [0.5, 0.6) is 0 Å². The van der Waals surface area contributed by atoms with Gasteiger partial charge in [-0.05, 0) is 46.8 Å². The minimum atomic E-state index is 0. The van der Waals surface area contributed by atoms with E-state index in [1.165, 1.54) is 18.4 Å². The summed E-state index contributed by atoms with van der Waals surface area (Å²) in [7, 11) is 2.20. The Morgan fingerprint density at radius 1 is 1.35 bits per heavy atom. The van der Waals surface area contributed by atoms with Crippen LogP contribution in [0.4, 0.5) is 0 Å². The molecule has 0 amide bonds. The summed E-state index contributed by atoms with van der Waals surface area (Å²) < 4.78 is 5.19. The fourth-order valence-electron chi connectivity index (χ4n) is 2.35. The lowest BCUT2D eigenvalue weighted by molar-refractivity contribution is 0.190. The molecule has 1 N–H and O–H groups in total. The maximum atomic E-state index is 5.19. The number of hydrogen-bond acceptors (Lipinski definition) is 4. The number of aromatic nitrogens is 1. The molecule has 17 heavy (non-hydrogen) atoms. The number of piperidine rings is 1. The molecule has 0 atom stereocenters. The van der Waals surface area contributed by atoms with Crippen LogP contribution in [0.3, 0.4) is 0 Å². The van der Waals surface area contributed by atoms with Gasteiger partial charge < -0.3 is 9.84 Å². The molecular weight excluding hydrogens is 238 g/mol. The van der Waals surface area contributed by atoms with Crippen LogP contribution in [0, 0.1) is 13.8 Å². The molecule has 0 bridgehead atoms.